The summed E-state index contributed by atoms with van der Waals surface area (Å²) in [7, 11) is 0. The predicted octanol–water partition coefficient (Wildman–Crippen LogP) is 30.4. The third-order valence-corrected chi connectivity index (χ3v) is 25.0. The smallest absolute Gasteiger partial charge is 0.164 e. The largest absolute Gasteiger partial charge is 0.455 e. The van der Waals surface area contributed by atoms with Crippen molar-refractivity contribution in [2.24, 2.45) is 0 Å². The highest BCUT2D eigenvalue weighted by atomic mass is 16.3. The van der Waals surface area contributed by atoms with Crippen molar-refractivity contribution >= 4 is 131 Å². The molecule has 0 atom stereocenters. The van der Waals surface area contributed by atoms with E-state index in [0.717, 1.165) is 194 Å². The van der Waals surface area contributed by atoms with Crippen LogP contribution in [0.4, 0.5) is 0 Å². The van der Waals surface area contributed by atoms with Gasteiger partial charge in [0.15, 0.2) is 23.3 Å². The van der Waals surface area contributed by atoms with Gasteiger partial charge in [0.1, 0.15) is 22.3 Å². The summed E-state index contributed by atoms with van der Waals surface area (Å²) in [6, 6.07) is 151. The van der Waals surface area contributed by atoms with E-state index in [1.807, 2.05) is 72.8 Å². The van der Waals surface area contributed by atoms with Gasteiger partial charge in [-0.25, -0.2) is 34.9 Å². The van der Waals surface area contributed by atoms with Gasteiger partial charge in [-0.05, 0) is 135 Å². The summed E-state index contributed by atoms with van der Waals surface area (Å²) in [6.45, 7) is 0. The Hall–Kier alpha value is -17.4. The Bertz CT molecular complexity index is 8300. The van der Waals surface area contributed by atoms with Crippen LogP contribution in [0.15, 0.2) is 440 Å². The van der Waals surface area contributed by atoms with E-state index in [1.165, 1.54) is 38.0 Å². The Balaban J connectivity index is 0.000000139. The van der Waals surface area contributed by atoms with Gasteiger partial charge in [-0.1, -0.05) is 340 Å². The molecule has 0 N–H and O–H groups in total. The number of hydrogen-bond acceptors (Lipinski definition) is 9. The topological polar surface area (TPSA) is 126 Å². The highest BCUT2D eigenvalue weighted by Crippen LogP contribution is 2.46. The fourth-order valence-electron chi connectivity index (χ4n) is 18.8. The van der Waals surface area contributed by atoms with E-state index < -0.39 is 0 Å². The van der Waals surface area contributed by atoms with Crippen LogP contribution in [0.25, 0.3) is 255 Å². The minimum atomic E-state index is 0.611. The molecule has 26 aromatic rings. The van der Waals surface area contributed by atoms with Crippen LogP contribution in [-0.2, 0) is 0 Å². The summed E-state index contributed by atoms with van der Waals surface area (Å²) in [5.74, 6) is 2.53. The van der Waals surface area contributed by atoms with Crippen LogP contribution in [0.1, 0.15) is 0 Å². The molecular formula is C117H71N9O2. The second-order valence-electron chi connectivity index (χ2n) is 32.6. The molecule has 0 unspecified atom stereocenters. The molecule has 11 nitrogen and oxygen atoms in total. The first-order valence-corrected chi connectivity index (χ1v) is 43.0. The lowest BCUT2D eigenvalue weighted by Crippen LogP contribution is -2.01. The summed E-state index contributed by atoms with van der Waals surface area (Å²) in [5.41, 5.74) is 27.8. The summed E-state index contributed by atoms with van der Waals surface area (Å²) in [4.78, 5) is 36.2. The highest BCUT2D eigenvalue weighted by Gasteiger charge is 2.24. The van der Waals surface area contributed by atoms with Gasteiger partial charge in [-0.2, -0.15) is 0 Å². The molecule has 0 spiro atoms. The fourth-order valence-corrected chi connectivity index (χ4v) is 18.8. The van der Waals surface area contributed by atoms with Gasteiger partial charge in [-0.15, -0.1) is 0 Å². The van der Waals surface area contributed by atoms with Gasteiger partial charge in [0.05, 0.1) is 66.6 Å². The lowest BCUT2D eigenvalue weighted by molar-refractivity contribution is 0.672. The van der Waals surface area contributed by atoms with E-state index >= 15 is 0 Å². The third kappa shape index (κ3) is 12.7. The first kappa shape index (κ1) is 73.3. The number of hydrogen-bond donors (Lipinski definition) is 0. The van der Waals surface area contributed by atoms with Crippen LogP contribution in [0.2, 0.25) is 0 Å². The first-order chi connectivity index (χ1) is 63.4. The van der Waals surface area contributed by atoms with Crippen molar-refractivity contribution in [3.8, 4) is 124 Å². The molecule has 0 amide bonds. The van der Waals surface area contributed by atoms with Gasteiger partial charge >= 0.3 is 0 Å². The average Bonchev–Trinajstić information content (AvgIpc) is 1.56. The lowest BCUT2D eigenvalue weighted by Gasteiger charge is -2.12. The van der Waals surface area contributed by atoms with Crippen molar-refractivity contribution in [1.29, 1.82) is 0 Å². The van der Waals surface area contributed by atoms with Gasteiger partial charge in [0.2, 0.25) is 0 Å². The van der Waals surface area contributed by atoms with Crippen LogP contribution in [0.5, 0.6) is 0 Å². The fraction of sp³-hybridized carbons (Fsp3) is 0. The van der Waals surface area contributed by atoms with Crippen molar-refractivity contribution in [2.45, 2.75) is 0 Å². The molecule has 0 aliphatic heterocycles. The van der Waals surface area contributed by atoms with Crippen molar-refractivity contribution in [3.63, 3.8) is 0 Å². The summed E-state index contributed by atoms with van der Waals surface area (Å²) >= 11 is 0. The maximum atomic E-state index is 6.58. The van der Waals surface area contributed by atoms with E-state index in [2.05, 4.69) is 367 Å². The number of fused-ring (bicyclic) bond motifs is 18. The standard InChI is InChI=1S/C59H36N4O.C58H35N5O/c1-2-13-41(14-3-1)59-61-50(36-51(62-59)44-17-12-18-45(33-44)63-53-22-9-6-19-46(53)47-20-7-10-23-54(47)63)39-29-25-37(26-30-39)38-27-31-40(32-28-38)57-56-48-21-8-11-24-55(48)64-58(56)49-34-42-15-4-5-16-43(42)35-52(49)60-57;1-2-13-39(14-3-1)56-60-57(62-58(61-56)43-17-12-18-44(33-43)63-50-22-9-6-19-45(50)46-20-7-10-23-51(46)63)40-31-27-37(28-32-40)36-25-29-38(30-26-36)54-53-47-21-8-11-24-52(47)64-55(53)48-34-41-15-4-5-16-42(41)35-49(48)59-54/h1-36H;1-35H. The molecular weight excluding hydrogens is 1560 g/mol. The number of pyridine rings is 2. The minimum Gasteiger partial charge on any atom is -0.455 e. The van der Waals surface area contributed by atoms with Crippen LogP contribution in [-0.4, -0.2) is 44.0 Å². The lowest BCUT2D eigenvalue weighted by atomic mass is 9.97. The molecule has 596 valence electrons. The second kappa shape index (κ2) is 30.3. The molecule has 0 fully saturated rings. The third-order valence-electron chi connectivity index (χ3n) is 25.0. The van der Waals surface area contributed by atoms with E-state index in [0.29, 0.717) is 23.3 Å². The van der Waals surface area contributed by atoms with Crippen LogP contribution in [0, 0.1) is 0 Å². The molecule has 0 radical (unpaired) electrons. The van der Waals surface area contributed by atoms with Crippen LogP contribution < -0.4 is 0 Å². The number of rotatable bonds is 12. The molecule has 8 aromatic heterocycles. The van der Waals surface area contributed by atoms with Gasteiger partial charge in [-0.3, -0.25) is 0 Å². The molecule has 0 aliphatic carbocycles. The zero-order valence-electron chi connectivity index (χ0n) is 68.8. The highest BCUT2D eigenvalue weighted by molar-refractivity contribution is 6.23. The first-order valence-electron chi connectivity index (χ1n) is 43.0. The number of aromatic nitrogens is 9. The SMILES string of the molecule is c1ccc(-c2nc(-c3ccc(-c4ccc(-c5nc6cc7ccccc7cc6c6oc7ccccc7c56)cc4)cc3)cc(-c3cccc(-n4c5ccccc5c5ccccc54)c3)n2)cc1.c1ccc(-c2nc(-c3ccc(-c4ccc(-c5nc6cc7ccccc7cc6c6oc7ccccc7c56)cc4)cc3)nc(-c3cccc(-n4c5ccccc5c5ccccc54)c3)n2)cc1. The molecule has 0 aliphatic rings. The molecule has 18 aromatic carbocycles. The molecule has 11 heteroatoms. The Morgan fingerprint density at radius 3 is 0.898 bits per heavy atom. The van der Waals surface area contributed by atoms with Crippen molar-refractivity contribution in [2.75, 3.05) is 0 Å². The second-order valence-corrected chi connectivity index (χ2v) is 32.6. The van der Waals surface area contributed by atoms with Crippen molar-refractivity contribution < 1.29 is 8.83 Å². The predicted molar refractivity (Wildman–Crippen MR) is 525 cm³/mol. The van der Waals surface area contributed by atoms with Gasteiger partial charge in [0, 0.05) is 99.0 Å². The Morgan fingerprint density at radius 1 is 0.180 bits per heavy atom. The minimum absolute atomic E-state index is 0.611. The van der Waals surface area contributed by atoms with E-state index in [-0.39, 0.29) is 0 Å². The molecule has 0 saturated heterocycles. The quantitative estimate of drug-likeness (QED) is 0.110. The molecule has 0 saturated carbocycles. The summed E-state index contributed by atoms with van der Waals surface area (Å²) in [5, 5.41) is 15.8. The van der Waals surface area contributed by atoms with Crippen LogP contribution >= 0.6 is 0 Å². The van der Waals surface area contributed by atoms with E-state index in [4.69, 9.17) is 43.7 Å². The number of nitrogens with zero attached hydrogens (tertiary/aromatic N) is 9. The Kier molecular flexibility index (Phi) is 17.3. The zero-order valence-corrected chi connectivity index (χ0v) is 68.8. The number of benzene rings is 18. The molecule has 26 rings (SSSR count). The Morgan fingerprint density at radius 2 is 0.477 bits per heavy atom. The van der Waals surface area contributed by atoms with E-state index in [1.54, 1.807) is 0 Å². The molecule has 8 heterocycles. The summed E-state index contributed by atoms with van der Waals surface area (Å²) < 4.78 is 17.8. The molecule has 0 bridgehead atoms. The monoisotopic (exact) mass is 1630 g/mol. The number of furan rings is 2. The average molecular weight is 1630 g/mol. The van der Waals surface area contributed by atoms with E-state index in [9.17, 15) is 0 Å². The normalized spacial score (nSPS) is 11.8. The zero-order chi connectivity index (χ0) is 84.3. The van der Waals surface area contributed by atoms with Gasteiger partial charge in [0.25, 0.3) is 0 Å². The summed E-state index contributed by atoms with van der Waals surface area (Å²) in [6.07, 6.45) is 0. The van der Waals surface area contributed by atoms with Crippen LogP contribution in [0.3, 0.4) is 0 Å². The Labute approximate surface area is 733 Å². The maximum absolute atomic E-state index is 6.58. The van der Waals surface area contributed by atoms with Crippen molar-refractivity contribution in [3.05, 3.63) is 431 Å². The number of para-hydroxylation sites is 6. The molecule has 128 heavy (non-hydrogen) atoms. The maximum Gasteiger partial charge on any atom is 0.164 e. The van der Waals surface area contributed by atoms with Gasteiger partial charge < -0.3 is 18.0 Å². The van der Waals surface area contributed by atoms with Crippen molar-refractivity contribution in [1.82, 2.24) is 44.0 Å².